The average Bonchev–Trinajstić information content (AvgIpc) is 2.34. The van der Waals surface area contributed by atoms with Crippen molar-refractivity contribution >= 4 is 23.2 Å². The van der Waals surface area contributed by atoms with E-state index in [1.54, 1.807) is 6.92 Å². The molecular formula is C12H14ClFN2O3. The van der Waals surface area contributed by atoms with Crippen molar-refractivity contribution in [2.75, 3.05) is 13.6 Å². The van der Waals surface area contributed by atoms with E-state index in [1.165, 1.54) is 11.9 Å². The van der Waals surface area contributed by atoms with Crippen molar-refractivity contribution in [3.8, 4) is 0 Å². The molecule has 0 aliphatic rings. The van der Waals surface area contributed by atoms with E-state index in [0.717, 1.165) is 18.2 Å². The monoisotopic (exact) mass is 288 g/mol. The highest BCUT2D eigenvalue weighted by Gasteiger charge is 2.23. The first-order valence-electron chi connectivity index (χ1n) is 5.66. The normalized spacial score (nSPS) is 12.0. The molecule has 0 heterocycles. The third kappa shape index (κ3) is 4.17. The summed E-state index contributed by atoms with van der Waals surface area (Å²) in [6.45, 7) is 2.16. The molecule has 1 aromatic rings. The Balaban J connectivity index is 2.96. The molecular weight excluding hydrogens is 275 g/mol. The number of hydrogen-bond acceptors (Lipinski definition) is 3. The molecule has 0 aliphatic carbocycles. The van der Waals surface area contributed by atoms with E-state index in [1.807, 2.05) is 0 Å². The van der Waals surface area contributed by atoms with Crippen molar-refractivity contribution in [3.05, 3.63) is 39.7 Å². The number of amides is 1. The molecule has 5 nitrogen and oxygen atoms in total. The maximum atomic E-state index is 13.0. The molecule has 1 rings (SSSR count). The zero-order chi connectivity index (χ0) is 14.6. The van der Waals surface area contributed by atoms with Gasteiger partial charge in [0.2, 0.25) is 0 Å². The van der Waals surface area contributed by atoms with Crippen LogP contribution in [0.15, 0.2) is 18.2 Å². The molecule has 0 spiro atoms. The van der Waals surface area contributed by atoms with Gasteiger partial charge < -0.3 is 4.90 Å². The van der Waals surface area contributed by atoms with Crippen molar-refractivity contribution in [2.45, 2.75) is 18.7 Å². The zero-order valence-electron chi connectivity index (χ0n) is 10.6. The lowest BCUT2D eigenvalue weighted by Gasteiger charge is -2.17. The van der Waals surface area contributed by atoms with E-state index in [2.05, 4.69) is 0 Å². The number of nitro groups is 1. The Kier molecular flexibility index (Phi) is 5.23. The second-order valence-corrected chi connectivity index (χ2v) is 4.96. The van der Waals surface area contributed by atoms with E-state index in [9.17, 15) is 19.3 Å². The zero-order valence-corrected chi connectivity index (χ0v) is 11.4. The van der Waals surface area contributed by atoms with Crippen molar-refractivity contribution in [1.82, 2.24) is 4.90 Å². The van der Waals surface area contributed by atoms with Crippen molar-refractivity contribution in [3.63, 3.8) is 0 Å². The smallest absolute Gasteiger partial charge is 0.285 e. The molecule has 19 heavy (non-hydrogen) atoms. The van der Waals surface area contributed by atoms with Crippen LogP contribution in [-0.4, -0.2) is 34.7 Å². The predicted molar refractivity (Wildman–Crippen MR) is 69.9 cm³/mol. The Morgan fingerprint density at radius 1 is 1.58 bits per heavy atom. The van der Waals surface area contributed by atoms with Gasteiger partial charge in [-0.2, -0.15) is 0 Å². The molecule has 1 unspecified atom stereocenters. The van der Waals surface area contributed by atoms with Crippen molar-refractivity contribution in [2.24, 2.45) is 0 Å². The highest BCUT2D eigenvalue weighted by Crippen LogP contribution is 2.21. The molecule has 104 valence electrons. The van der Waals surface area contributed by atoms with Crippen LogP contribution in [0.3, 0.4) is 0 Å². The van der Waals surface area contributed by atoms with Crippen molar-refractivity contribution < 1.29 is 14.1 Å². The Morgan fingerprint density at radius 3 is 2.74 bits per heavy atom. The quantitative estimate of drug-likeness (QED) is 0.475. The largest absolute Gasteiger partial charge is 0.341 e. The summed E-state index contributed by atoms with van der Waals surface area (Å²) in [5.74, 6) is -1.27. The van der Waals surface area contributed by atoms with E-state index in [-0.39, 0.29) is 10.9 Å². The summed E-state index contributed by atoms with van der Waals surface area (Å²) in [5, 5.41) is 10.7. The molecule has 0 N–H and O–H groups in total. The SMILES string of the molecule is CC(Cl)CCN(C)C(=O)c1ccc(F)cc1[N+](=O)[O-]. The molecule has 7 heteroatoms. The topological polar surface area (TPSA) is 63.5 Å². The number of nitrogens with zero attached hydrogens (tertiary/aromatic N) is 2. The summed E-state index contributed by atoms with van der Waals surface area (Å²) in [4.78, 5) is 23.4. The minimum Gasteiger partial charge on any atom is -0.341 e. The van der Waals surface area contributed by atoms with Gasteiger partial charge in [-0.05, 0) is 25.5 Å². The highest BCUT2D eigenvalue weighted by molar-refractivity contribution is 6.20. The molecule has 1 aromatic carbocycles. The van der Waals surface area contributed by atoms with Gasteiger partial charge in [-0.25, -0.2) is 4.39 Å². The summed E-state index contributed by atoms with van der Waals surface area (Å²) >= 11 is 5.78. The van der Waals surface area contributed by atoms with Crippen LogP contribution < -0.4 is 0 Å². The van der Waals surface area contributed by atoms with Crippen LogP contribution in [0.25, 0.3) is 0 Å². The predicted octanol–water partition coefficient (Wildman–Crippen LogP) is 2.82. The number of nitro benzene ring substituents is 1. The van der Waals surface area contributed by atoms with Crippen LogP contribution in [0, 0.1) is 15.9 Å². The van der Waals surface area contributed by atoms with Crippen molar-refractivity contribution in [1.29, 1.82) is 0 Å². The Morgan fingerprint density at radius 2 is 2.21 bits per heavy atom. The minimum atomic E-state index is -0.770. The van der Waals surface area contributed by atoms with Gasteiger partial charge in [0.15, 0.2) is 0 Å². The summed E-state index contributed by atoms with van der Waals surface area (Å²) < 4.78 is 13.0. The van der Waals surface area contributed by atoms with Crippen LogP contribution in [0.1, 0.15) is 23.7 Å². The number of benzene rings is 1. The summed E-state index contributed by atoms with van der Waals surface area (Å²) in [5.41, 5.74) is -0.660. The number of hydrogen-bond donors (Lipinski definition) is 0. The highest BCUT2D eigenvalue weighted by atomic mass is 35.5. The fraction of sp³-hybridized carbons (Fsp3) is 0.417. The van der Waals surface area contributed by atoms with E-state index in [0.29, 0.717) is 13.0 Å². The molecule has 0 saturated heterocycles. The standard InChI is InChI=1S/C12H14ClFN2O3/c1-8(13)5-6-15(2)12(17)10-4-3-9(14)7-11(10)16(18)19/h3-4,7-8H,5-6H2,1-2H3. The first-order chi connectivity index (χ1) is 8.82. The van der Waals surface area contributed by atoms with Crippen LogP contribution >= 0.6 is 11.6 Å². The number of carbonyl (C=O) groups excluding carboxylic acids is 1. The maximum Gasteiger partial charge on any atom is 0.285 e. The summed E-state index contributed by atoms with van der Waals surface area (Å²) in [6, 6.07) is 2.89. The van der Waals surface area contributed by atoms with Gasteiger partial charge in [-0.1, -0.05) is 0 Å². The first-order valence-corrected chi connectivity index (χ1v) is 6.10. The Labute approximate surface area is 115 Å². The van der Waals surface area contributed by atoms with Gasteiger partial charge in [0.1, 0.15) is 11.4 Å². The van der Waals surface area contributed by atoms with Gasteiger partial charge in [0.25, 0.3) is 11.6 Å². The number of carbonyl (C=O) groups is 1. The lowest BCUT2D eigenvalue weighted by molar-refractivity contribution is -0.385. The van der Waals surface area contributed by atoms with Crippen LogP contribution in [0.2, 0.25) is 0 Å². The Bertz CT molecular complexity index is 494. The third-order valence-corrected chi connectivity index (χ3v) is 2.81. The third-order valence-electron chi connectivity index (χ3n) is 2.60. The van der Waals surface area contributed by atoms with Crippen LogP contribution in [0.5, 0.6) is 0 Å². The Hall–Kier alpha value is -1.69. The van der Waals surface area contributed by atoms with Gasteiger partial charge >= 0.3 is 0 Å². The van der Waals surface area contributed by atoms with Gasteiger partial charge in [-0.3, -0.25) is 14.9 Å². The summed E-state index contributed by atoms with van der Waals surface area (Å²) in [6.07, 6.45) is 0.568. The molecule has 0 aliphatic heterocycles. The molecule has 0 radical (unpaired) electrons. The number of rotatable bonds is 5. The van der Waals surface area contributed by atoms with E-state index >= 15 is 0 Å². The lowest BCUT2D eigenvalue weighted by atomic mass is 10.1. The second kappa shape index (κ2) is 6.47. The minimum absolute atomic E-state index is 0.0987. The fourth-order valence-electron chi connectivity index (χ4n) is 1.52. The van der Waals surface area contributed by atoms with Crippen LogP contribution in [0.4, 0.5) is 10.1 Å². The molecule has 0 aromatic heterocycles. The number of alkyl halides is 1. The van der Waals surface area contributed by atoms with Gasteiger partial charge in [0, 0.05) is 19.0 Å². The average molecular weight is 289 g/mol. The molecule has 0 saturated carbocycles. The van der Waals surface area contributed by atoms with Gasteiger partial charge in [0.05, 0.1) is 11.0 Å². The first kappa shape index (κ1) is 15.4. The number of halogens is 2. The van der Waals surface area contributed by atoms with Gasteiger partial charge in [-0.15, -0.1) is 11.6 Å². The summed E-state index contributed by atoms with van der Waals surface area (Å²) in [7, 11) is 1.52. The van der Waals surface area contributed by atoms with E-state index < -0.39 is 22.3 Å². The fourth-order valence-corrected chi connectivity index (χ4v) is 1.61. The molecule has 0 fully saturated rings. The van der Waals surface area contributed by atoms with Crippen LogP contribution in [-0.2, 0) is 0 Å². The molecule has 1 atom stereocenters. The van der Waals surface area contributed by atoms with E-state index in [4.69, 9.17) is 11.6 Å². The lowest BCUT2D eigenvalue weighted by Crippen LogP contribution is -2.29. The molecule has 1 amide bonds. The maximum absolute atomic E-state index is 13.0. The second-order valence-electron chi connectivity index (χ2n) is 4.21. The molecule has 0 bridgehead atoms.